The average Bonchev–Trinajstić information content (AvgIpc) is 1.57. The zero-order chi connectivity index (χ0) is 70.1. The second-order valence-corrected chi connectivity index (χ2v) is 19.1. The number of aromatic hydroxyl groups is 4. The van der Waals surface area contributed by atoms with Crippen LogP contribution in [0.3, 0.4) is 0 Å². The zero-order valence-electron chi connectivity index (χ0n) is 54.6. The van der Waals surface area contributed by atoms with Crippen LogP contribution in [0.25, 0.3) is 43.1 Å². The van der Waals surface area contributed by atoms with Gasteiger partial charge in [0, 0.05) is 77.9 Å². The van der Waals surface area contributed by atoms with E-state index in [0.29, 0.717) is 21.5 Å². The first-order chi connectivity index (χ1) is 46.0. The molecular formula is C56H62Co3N28O16+2. The van der Waals surface area contributed by atoms with Crippen molar-refractivity contribution >= 4 is 115 Å². The molecule has 0 saturated heterocycles. The molecule has 4 heterocycles. The van der Waals surface area contributed by atoms with E-state index in [2.05, 4.69) is 123 Å². The van der Waals surface area contributed by atoms with Gasteiger partial charge in [-0.2, -0.15) is 15.6 Å². The molecule has 0 saturated carbocycles. The van der Waals surface area contributed by atoms with Crippen molar-refractivity contribution in [3.63, 3.8) is 0 Å². The minimum absolute atomic E-state index is 0. The Bertz CT molecular complexity index is 3970. The van der Waals surface area contributed by atoms with Gasteiger partial charge in [-0.25, -0.2) is 51.1 Å². The van der Waals surface area contributed by atoms with Gasteiger partial charge in [-0.1, -0.05) is 95.8 Å². The quantitative estimate of drug-likeness (QED) is 0.0712. The molecule has 103 heavy (non-hydrogen) atoms. The number of benzene rings is 8. The Morgan fingerprint density at radius 3 is 0.777 bits per heavy atom. The van der Waals surface area contributed by atoms with Crippen LogP contribution >= 0.6 is 0 Å². The van der Waals surface area contributed by atoms with Crippen molar-refractivity contribution in [2.45, 2.75) is 0 Å². The number of carbonyl (C=O) groups is 4. The van der Waals surface area contributed by atoms with E-state index >= 15 is 0 Å². The Kier molecular flexibility index (Phi) is 44.7. The molecule has 0 atom stereocenters. The number of aromatic nitrogens is 16. The maximum Gasteiger partial charge on any atom is 3.00 e. The maximum absolute atomic E-state index is 11.8. The van der Waals surface area contributed by atoms with E-state index in [9.17, 15) is 60.0 Å². The number of azo groups is 4. The van der Waals surface area contributed by atoms with Gasteiger partial charge < -0.3 is 87.5 Å². The molecule has 547 valence electrons. The van der Waals surface area contributed by atoms with Gasteiger partial charge in [-0.05, 0) is 70.1 Å². The largest absolute Gasteiger partial charge is 3.00 e. The molecule has 0 unspecified atom stereocenters. The minimum Gasteiger partial charge on any atom is -0.871 e. The smallest absolute Gasteiger partial charge is 0.871 e. The molecule has 12 rings (SSSR count). The molecule has 14 N–H and O–H groups in total. The summed E-state index contributed by atoms with van der Waals surface area (Å²) in [6, 6.07) is 30.8. The molecule has 0 aliphatic rings. The molecule has 4 aromatic heterocycles. The van der Waals surface area contributed by atoms with Crippen molar-refractivity contribution in [2.24, 2.45) is 40.9 Å². The van der Waals surface area contributed by atoms with E-state index in [1.54, 1.807) is 105 Å². The first kappa shape index (κ1) is 94.3. The van der Waals surface area contributed by atoms with Crippen LogP contribution in [0.2, 0.25) is 0 Å². The van der Waals surface area contributed by atoms with Gasteiger partial charge in [0.15, 0.2) is 5.95 Å². The predicted molar refractivity (Wildman–Crippen MR) is 346 cm³/mol. The summed E-state index contributed by atoms with van der Waals surface area (Å²) in [7, 11) is 13.5. The van der Waals surface area contributed by atoms with E-state index < -0.39 is 0 Å². The van der Waals surface area contributed by atoms with E-state index in [4.69, 9.17) is 0 Å². The Morgan fingerprint density at radius 2 is 0.583 bits per heavy atom. The molecule has 0 aliphatic carbocycles. The Morgan fingerprint density at radius 1 is 0.359 bits per heavy atom. The maximum atomic E-state index is 11.8. The molecule has 12 aromatic rings. The molecule has 0 spiro atoms. The summed E-state index contributed by atoms with van der Waals surface area (Å²) in [4.78, 5) is 43.5. The molecule has 0 fully saturated rings. The number of tetrazole rings is 4. The first-order valence-electron chi connectivity index (χ1n) is 26.6. The van der Waals surface area contributed by atoms with E-state index in [0.717, 1.165) is 47.2 Å². The number of hydrogen-bond acceptors (Lipinski definition) is 32. The Hall–Kier alpha value is -12.9. The summed E-state index contributed by atoms with van der Waals surface area (Å²) in [5.41, 5.74) is 0.438. The van der Waals surface area contributed by atoms with Crippen LogP contribution in [-0.4, -0.2) is 195 Å². The number of carbonyl (C=O) groups excluding carboxylic acids is 4. The van der Waals surface area contributed by atoms with Gasteiger partial charge in [0.1, 0.15) is 40.8 Å². The summed E-state index contributed by atoms with van der Waals surface area (Å²) in [5, 5.41) is 174. The van der Waals surface area contributed by atoms with Crippen molar-refractivity contribution in [1.82, 2.24) is 102 Å². The van der Waals surface area contributed by atoms with Gasteiger partial charge in [0.05, 0.1) is 22.7 Å². The number of phenolic OH excluding ortho intramolecular Hbond substituents is 4. The van der Waals surface area contributed by atoms with Crippen LogP contribution in [0, 0.1) is 0 Å². The second-order valence-electron chi connectivity index (χ2n) is 19.1. The molecule has 0 bridgehead atoms. The van der Waals surface area contributed by atoms with E-state index in [1.807, 2.05) is 0 Å². The second kappa shape index (κ2) is 48.8. The molecule has 47 heteroatoms. The molecule has 44 nitrogen and oxygen atoms in total. The molecule has 1 radical (unpaired) electrons. The van der Waals surface area contributed by atoms with Crippen molar-refractivity contribution in [1.29, 1.82) is 0 Å². The van der Waals surface area contributed by atoms with Crippen LogP contribution < -0.4 is 40.9 Å². The van der Waals surface area contributed by atoms with Crippen LogP contribution in [0.4, 0.5) is 46.5 Å². The molecule has 8 aromatic carbocycles. The summed E-state index contributed by atoms with van der Waals surface area (Å²) in [5.74, 6) is -1.19. The van der Waals surface area contributed by atoms with Crippen molar-refractivity contribution in [2.75, 3.05) is 56.4 Å². The minimum atomic E-state index is -0.311. The van der Waals surface area contributed by atoms with E-state index in [1.165, 1.54) is 92.4 Å². The fraction of sp³-hybridized carbons (Fsp3) is 0.143. The zero-order valence-corrected chi connectivity index (χ0v) is 57.7. The predicted octanol–water partition coefficient (Wildman–Crippen LogP) is 0.0233. The van der Waals surface area contributed by atoms with Gasteiger partial charge in [-0.3, -0.25) is 44.9 Å². The third kappa shape index (κ3) is 31.3. The molecule has 0 aliphatic heterocycles. The van der Waals surface area contributed by atoms with Crippen LogP contribution in [0.1, 0.15) is 0 Å². The molecule has 4 amide bonds. The van der Waals surface area contributed by atoms with Crippen molar-refractivity contribution in [3.05, 3.63) is 121 Å². The standard InChI is InChI=1S/4C11H7N6O2.4C3H7NO.3Co.4H2O/c4*18-7-3-1-6-2-4-9(19)10(8(6)5-7)12-13-11-14-16-17-15-11;4*1-4(2)3-5;;;;;;;/h4*1-5H,(H2-,12,13,14,15,16,17,18,19);4*3H,1-2H3;;;;4*1H2/q4*-1;;;;;+2;2*+3;;;;/p-2. The Balaban J connectivity index is -0.00000116. The van der Waals surface area contributed by atoms with Crippen LogP contribution in [0.15, 0.2) is 162 Å². The van der Waals surface area contributed by atoms with Crippen molar-refractivity contribution in [3.8, 4) is 46.0 Å². The summed E-state index contributed by atoms with van der Waals surface area (Å²) >= 11 is 0. The van der Waals surface area contributed by atoms with Gasteiger partial charge in [0.25, 0.3) is 0 Å². The van der Waals surface area contributed by atoms with Gasteiger partial charge in [0.2, 0.25) is 25.6 Å². The summed E-state index contributed by atoms with van der Waals surface area (Å²) < 4.78 is 0. The number of nitrogens with zero attached hydrogens (tertiary/aromatic N) is 28. The molecular weight excluding hydrogens is 1500 g/mol. The Labute approximate surface area is 611 Å². The monoisotopic (exact) mass is 1560 g/mol. The summed E-state index contributed by atoms with van der Waals surface area (Å²) in [6.45, 7) is 0. The SMILES string of the molecule is CN(C)C=O.CN(C)C=O.CN(C)C=O.CN(C)C=O.O.O.[Co+2].[Co+3].[Co+3].[O-]c1ccc2ccc(O)cc2c1N=Nc1nn[n-]n1.[O-]c1ccc2ccc(O)cc2c1N=Nc1nnn[n-]1.[O-]c1ccc2ccc(O)cc2c1N=Nc1nnn[n-]1.[O-]c1ccc2ccc(O)cc2c1N=Nc1nnn[n-]1.[OH3+].[OH3+]. The third-order valence-electron chi connectivity index (χ3n) is 10.8. The fourth-order valence-electron chi connectivity index (χ4n) is 6.60. The number of phenols is 4. The number of rotatable bonds is 12. The average molecular weight is 1560 g/mol. The fourth-order valence-corrected chi connectivity index (χ4v) is 6.60. The van der Waals surface area contributed by atoms with E-state index in [-0.39, 0.29) is 165 Å². The van der Waals surface area contributed by atoms with Crippen LogP contribution in [0.5, 0.6) is 46.0 Å². The van der Waals surface area contributed by atoms with Crippen molar-refractivity contribution < 1.29 is 132 Å². The third-order valence-corrected chi connectivity index (χ3v) is 10.8. The normalized spacial score (nSPS) is 9.71. The first-order valence-corrected chi connectivity index (χ1v) is 26.6. The van der Waals surface area contributed by atoms with Gasteiger partial charge >= 0.3 is 50.3 Å². The number of hydrogen-bond donors (Lipinski definition) is 4. The number of fused-ring (bicyclic) bond motifs is 4. The topological polar surface area (TPSA) is 693 Å². The van der Waals surface area contributed by atoms with Crippen LogP contribution in [-0.2, 0) is 80.5 Å². The summed E-state index contributed by atoms with van der Waals surface area (Å²) in [6.07, 6.45) is 3.00. The number of amides is 4. The van der Waals surface area contributed by atoms with Gasteiger partial charge in [-0.15, -0.1) is 25.9 Å².